The molecule has 0 spiro atoms. The molecule has 2 aromatic carbocycles. The number of anilines is 2. The van der Waals surface area contributed by atoms with Gasteiger partial charge in [-0.1, -0.05) is 0 Å². The van der Waals surface area contributed by atoms with E-state index < -0.39 is 0 Å². The molecule has 0 aromatic heterocycles. The normalized spacial score (nSPS) is 18.5. The maximum absolute atomic E-state index is 12.8. The summed E-state index contributed by atoms with van der Waals surface area (Å²) in [6.45, 7) is 4.47. The number of amides is 2. The molecular formula is C24H27N3O6. The monoisotopic (exact) mass is 453 g/mol. The van der Waals surface area contributed by atoms with E-state index in [0.717, 1.165) is 0 Å². The maximum Gasteiger partial charge on any atom is 0.241 e. The number of fused-ring (bicyclic) bond motifs is 2. The summed E-state index contributed by atoms with van der Waals surface area (Å²) in [6, 6.07) is 10.5. The van der Waals surface area contributed by atoms with E-state index in [1.807, 2.05) is 19.1 Å². The third-order valence-corrected chi connectivity index (χ3v) is 6.28. The molecule has 3 aliphatic rings. The molecule has 1 atom stereocenters. The molecule has 1 fully saturated rings. The van der Waals surface area contributed by atoms with Gasteiger partial charge in [-0.3, -0.25) is 14.5 Å². The fraction of sp³-hybridized carbons (Fsp3) is 0.417. The molecule has 0 bridgehead atoms. The van der Waals surface area contributed by atoms with Gasteiger partial charge in [0.2, 0.25) is 18.6 Å². The molecule has 0 radical (unpaired) electrons. The second-order valence-corrected chi connectivity index (χ2v) is 8.39. The van der Waals surface area contributed by atoms with Gasteiger partial charge in [0.15, 0.2) is 23.0 Å². The van der Waals surface area contributed by atoms with Crippen LogP contribution in [0, 0.1) is 5.92 Å². The highest BCUT2D eigenvalue weighted by atomic mass is 16.7. The van der Waals surface area contributed by atoms with Gasteiger partial charge >= 0.3 is 0 Å². The number of nitrogens with zero attached hydrogens (tertiary/aromatic N) is 1. The van der Waals surface area contributed by atoms with Gasteiger partial charge in [0, 0.05) is 29.4 Å². The van der Waals surface area contributed by atoms with Gasteiger partial charge in [-0.15, -0.1) is 0 Å². The Hall–Kier alpha value is -3.46. The number of hydrogen-bond acceptors (Lipinski definition) is 7. The summed E-state index contributed by atoms with van der Waals surface area (Å²) in [6.07, 6.45) is 1.38. The number of carbonyl (C=O) groups is 2. The molecule has 3 aliphatic heterocycles. The Balaban J connectivity index is 1.12. The molecule has 2 amide bonds. The lowest BCUT2D eigenvalue weighted by molar-refractivity contribution is -0.123. The third-order valence-electron chi connectivity index (χ3n) is 6.28. The predicted molar refractivity (Wildman–Crippen MR) is 121 cm³/mol. The molecule has 174 valence electrons. The molecule has 3 heterocycles. The van der Waals surface area contributed by atoms with Gasteiger partial charge in [-0.05, 0) is 57.1 Å². The van der Waals surface area contributed by atoms with Crippen LogP contribution in [0.3, 0.4) is 0 Å². The van der Waals surface area contributed by atoms with Crippen molar-refractivity contribution in [1.29, 1.82) is 0 Å². The number of nitrogens with one attached hydrogen (secondary N) is 2. The van der Waals surface area contributed by atoms with Gasteiger partial charge in [0.1, 0.15) is 13.2 Å². The standard InChI is InChI=1S/C24H27N3O6/c1-15(23(28)25-17-2-4-19-21(12-17)31-11-10-30-19)27-8-6-16(7-9-27)24(29)26-18-3-5-20-22(13-18)33-14-32-20/h2-5,12-13,15-16H,6-11,14H2,1H3,(H,25,28)(H,26,29). The molecule has 1 saturated heterocycles. The average molecular weight is 453 g/mol. The first-order valence-corrected chi connectivity index (χ1v) is 11.2. The third kappa shape index (κ3) is 4.68. The van der Waals surface area contributed by atoms with E-state index in [0.29, 0.717) is 73.5 Å². The van der Waals surface area contributed by atoms with Crippen LogP contribution in [0.4, 0.5) is 11.4 Å². The van der Waals surface area contributed by atoms with E-state index in [4.69, 9.17) is 18.9 Å². The number of piperidine rings is 1. The number of rotatable bonds is 5. The van der Waals surface area contributed by atoms with Crippen LogP contribution in [0.15, 0.2) is 36.4 Å². The summed E-state index contributed by atoms with van der Waals surface area (Å²) >= 11 is 0. The summed E-state index contributed by atoms with van der Waals surface area (Å²) in [5.74, 6) is 2.45. The van der Waals surface area contributed by atoms with E-state index in [9.17, 15) is 9.59 Å². The molecule has 2 N–H and O–H groups in total. The average Bonchev–Trinajstić information content (AvgIpc) is 3.31. The number of likely N-dealkylation sites (tertiary alicyclic amines) is 1. The van der Waals surface area contributed by atoms with Crippen molar-refractivity contribution in [1.82, 2.24) is 4.90 Å². The number of carbonyl (C=O) groups excluding carboxylic acids is 2. The van der Waals surface area contributed by atoms with Crippen LogP contribution in [0.2, 0.25) is 0 Å². The summed E-state index contributed by atoms with van der Waals surface area (Å²) < 4.78 is 21.8. The van der Waals surface area contributed by atoms with E-state index in [1.165, 1.54) is 0 Å². The van der Waals surface area contributed by atoms with Gasteiger partial charge in [0.05, 0.1) is 6.04 Å². The van der Waals surface area contributed by atoms with Crippen LogP contribution < -0.4 is 29.6 Å². The number of benzene rings is 2. The summed E-state index contributed by atoms with van der Waals surface area (Å²) in [4.78, 5) is 27.6. The van der Waals surface area contributed by atoms with Crippen molar-refractivity contribution in [3.05, 3.63) is 36.4 Å². The van der Waals surface area contributed by atoms with E-state index in [1.54, 1.807) is 24.3 Å². The maximum atomic E-state index is 12.8. The lowest BCUT2D eigenvalue weighted by Crippen LogP contribution is -2.47. The Morgan fingerprint density at radius 3 is 2.15 bits per heavy atom. The van der Waals surface area contributed by atoms with Gasteiger partial charge < -0.3 is 29.6 Å². The second kappa shape index (κ2) is 9.19. The fourth-order valence-electron chi connectivity index (χ4n) is 4.30. The van der Waals surface area contributed by atoms with Crippen molar-refractivity contribution < 1.29 is 28.5 Å². The smallest absolute Gasteiger partial charge is 0.241 e. The van der Waals surface area contributed by atoms with Crippen molar-refractivity contribution in [3.63, 3.8) is 0 Å². The van der Waals surface area contributed by atoms with Crippen LogP contribution in [0.5, 0.6) is 23.0 Å². The highest BCUT2D eigenvalue weighted by molar-refractivity contribution is 5.95. The summed E-state index contributed by atoms with van der Waals surface area (Å²) in [5.41, 5.74) is 1.37. The lowest BCUT2D eigenvalue weighted by atomic mass is 9.94. The molecule has 33 heavy (non-hydrogen) atoms. The lowest BCUT2D eigenvalue weighted by Gasteiger charge is -2.34. The fourth-order valence-corrected chi connectivity index (χ4v) is 4.30. The Kier molecular flexibility index (Phi) is 5.95. The van der Waals surface area contributed by atoms with E-state index in [2.05, 4.69) is 15.5 Å². The van der Waals surface area contributed by atoms with E-state index >= 15 is 0 Å². The molecule has 9 heteroatoms. The summed E-state index contributed by atoms with van der Waals surface area (Å²) in [5, 5.41) is 5.93. The van der Waals surface area contributed by atoms with Crippen LogP contribution in [-0.2, 0) is 9.59 Å². The van der Waals surface area contributed by atoms with Crippen molar-refractivity contribution in [2.24, 2.45) is 5.92 Å². The molecule has 0 saturated carbocycles. The molecule has 0 aliphatic carbocycles. The summed E-state index contributed by atoms with van der Waals surface area (Å²) in [7, 11) is 0. The Morgan fingerprint density at radius 1 is 0.848 bits per heavy atom. The van der Waals surface area contributed by atoms with Crippen molar-refractivity contribution in [3.8, 4) is 23.0 Å². The largest absolute Gasteiger partial charge is 0.486 e. The minimum Gasteiger partial charge on any atom is -0.486 e. The van der Waals surface area contributed by atoms with E-state index in [-0.39, 0.29) is 30.6 Å². The molecule has 9 nitrogen and oxygen atoms in total. The second-order valence-electron chi connectivity index (χ2n) is 8.39. The van der Waals surface area contributed by atoms with Crippen LogP contribution in [-0.4, -0.2) is 55.9 Å². The molecule has 2 aromatic rings. The molecule has 1 unspecified atom stereocenters. The number of ether oxygens (including phenoxy) is 4. The Morgan fingerprint density at radius 2 is 1.42 bits per heavy atom. The highest BCUT2D eigenvalue weighted by Crippen LogP contribution is 2.35. The minimum atomic E-state index is -0.309. The Bertz CT molecular complexity index is 1050. The first kappa shape index (κ1) is 21.4. The Labute approximate surface area is 191 Å². The van der Waals surface area contributed by atoms with Gasteiger partial charge in [-0.25, -0.2) is 0 Å². The molecule has 5 rings (SSSR count). The van der Waals surface area contributed by atoms with Crippen molar-refractivity contribution in [2.45, 2.75) is 25.8 Å². The minimum absolute atomic E-state index is 0.0121. The van der Waals surface area contributed by atoms with Crippen LogP contribution >= 0.6 is 0 Å². The SMILES string of the molecule is CC(C(=O)Nc1ccc2c(c1)OCCO2)N1CCC(C(=O)Nc2ccc3c(c2)OCO3)CC1. The zero-order chi connectivity index (χ0) is 22.8. The van der Waals surface area contributed by atoms with Crippen LogP contribution in [0.1, 0.15) is 19.8 Å². The zero-order valence-corrected chi connectivity index (χ0v) is 18.5. The zero-order valence-electron chi connectivity index (χ0n) is 18.5. The number of hydrogen-bond donors (Lipinski definition) is 2. The topological polar surface area (TPSA) is 98.4 Å². The first-order valence-electron chi connectivity index (χ1n) is 11.2. The first-order chi connectivity index (χ1) is 16.1. The van der Waals surface area contributed by atoms with Gasteiger partial charge in [0.25, 0.3) is 0 Å². The quantitative estimate of drug-likeness (QED) is 0.718. The van der Waals surface area contributed by atoms with Crippen molar-refractivity contribution >= 4 is 23.2 Å². The highest BCUT2D eigenvalue weighted by Gasteiger charge is 2.30. The van der Waals surface area contributed by atoms with Gasteiger partial charge in [-0.2, -0.15) is 0 Å². The van der Waals surface area contributed by atoms with Crippen molar-refractivity contribution in [2.75, 3.05) is 43.7 Å². The van der Waals surface area contributed by atoms with Crippen LogP contribution in [0.25, 0.3) is 0 Å². The molecular weight excluding hydrogens is 426 g/mol. The predicted octanol–water partition coefficient (Wildman–Crippen LogP) is 2.86.